The summed E-state index contributed by atoms with van der Waals surface area (Å²) in [7, 11) is 3.68. The van der Waals surface area contributed by atoms with E-state index in [9.17, 15) is 9.90 Å². The lowest BCUT2D eigenvalue weighted by molar-refractivity contribution is 0.0901. The van der Waals surface area contributed by atoms with E-state index in [0.29, 0.717) is 10.0 Å². The van der Waals surface area contributed by atoms with E-state index in [0.717, 1.165) is 0 Å². The molecular formula is C11H20N4O2S. The molecule has 0 saturated heterocycles. The van der Waals surface area contributed by atoms with Crippen molar-refractivity contribution in [1.29, 1.82) is 0 Å². The standard InChI is InChI=1S/C11H20N4O2S/c1-6(2)7(5-16)13-10(17)8-9(12)14-11(18-8)15(3)4/h6-7,16H,5,12H2,1-4H3,(H,13,17)/t7-/m1/s1. The zero-order chi connectivity index (χ0) is 13.9. The third-order valence-electron chi connectivity index (χ3n) is 2.55. The average molecular weight is 272 g/mol. The zero-order valence-corrected chi connectivity index (χ0v) is 11.9. The Morgan fingerprint density at radius 1 is 1.56 bits per heavy atom. The van der Waals surface area contributed by atoms with Crippen LogP contribution in [0, 0.1) is 5.92 Å². The molecule has 0 bridgehead atoms. The minimum Gasteiger partial charge on any atom is -0.394 e. The summed E-state index contributed by atoms with van der Waals surface area (Å²) in [5, 5.41) is 12.6. The fraction of sp³-hybridized carbons (Fsp3) is 0.636. The number of nitrogen functional groups attached to an aromatic ring is 1. The number of aliphatic hydroxyl groups is 1. The number of hydrogen-bond acceptors (Lipinski definition) is 6. The summed E-state index contributed by atoms with van der Waals surface area (Å²) in [6.45, 7) is 3.77. The van der Waals surface area contributed by atoms with Crippen LogP contribution in [0.25, 0.3) is 0 Å². The normalized spacial score (nSPS) is 12.6. The summed E-state index contributed by atoms with van der Waals surface area (Å²) in [5.41, 5.74) is 5.72. The first-order valence-corrected chi connectivity index (χ1v) is 6.53. The van der Waals surface area contributed by atoms with Gasteiger partial charge in [-0.2, -0.15) is 0 Å². The maximum absolute atomic E-state index is 12.0. The average Bonchev–Trinajstić information content (AvgIpc) is 2.67. The predicted molar refractivity (Wildman–Crippen MR) is 74.0 cm³/mol. The molecule has 0 saturated carbocycles. The number of thiazole rings is 1. The van der Waals surface area contributed by atoms with E-state index < -0.39 is 0 Å². The van der Waals surface area contributed by atoms with Gasteiger partial charge in [0.05, 0.1) is 12.6 Å². The molecule has 0 spiro atoms. The highest BCUT2D eigenvalue weighted by Gasteiger charge is 2.21. The van der Waals surface area contributed by atoms with Gasteiger partial charge in [0.1, 0.15) is 10.7 Å². The molecule has 1 aromatic heterocycles. The summed E-state index contributed by atoms with van der Waals surface area (Å²) >= 11 is 1.24. The van der Waals surface area contributed by atoms with Gasteiger partial charge in [-0.1, -0.05) is 25.2 Å². The molecule has 4 N–H and O–H groups in total. The van der Waals surface area contributed by atoms with Crippen LogP contribution in [-0.2, 0) is 0 Å². The van der Waals surface area contributed by atoms with Gasteiger partial charge in [0.25, 0.3) is 5.91 Å². The fourth-order valence-electron chi connectivity index (χ4n) is 1.33. The second kappa shape index (κ2) is 6.01. The molecule has 0 aliphatic heterocycles. The maximum Gasteiger partial charge on any atom is 0.265 e. The van der Waals surface area contributed by atoms with Crippen LogP contribution in [0.15, 0.2) is 0 Å². The van der Waals surface area contributed by atoms with Crippen LogP contribution < -0.4 is 16.0 Å². The molecule has 18 heavy (non-hydrogen) atoms. The van der Waals surface area contributed by atoms with Crippen LogP contribution in [0.5, 0.6) is 0 Å². The van der Waals surface area contributed by atoms with Gasteiger partial charge in [-0.25, -0.2) is 4.98 Å². The van der Waals surface area contributed by atoms with E-state index in [1.165, 1.54) is 11.3 Å². The van der Waals surface area contributed by atoms with Crippen LogP contribution in [0.2, 0.25) is 0 Å². The molecule has 1 heterocycles. The molecule has 0 aliphatic carbocycles. The molecule has 0 fully saturated rings. The molecule has 1 rings (SSSR count). The topological polar surface area (TPSA) is 91.5 Å². The number of nitrogens with two attached hydrogens (primary N) is 1. The van der Waals surface area contributed by atoms with Crippen molar-refractivity contribution in [3.63, 3.8) is 0 Å². The van der Waals surface area contributed by atoms with Crippen LogP contribution in [0.3, 0.4) is 0 Å². The van der Waals surface area contributed by atoms with Crippen molar-refractivity contribution in [2.24, 2.45) is 5.92 Å². The van der Waals surface area contributed by atoms with Gasteiger partial charge in [0.15, 0.2) is 5.13 Å². The van der Waals surface area contributed by atoms with Crippen LogP contribution >= 0.6 is 11.3 Å². The van der Waals surface area contributed by atoms with Gasteiger partial charge in [-0.15, -0.1) is 0 Å². The Labute approximate surface area is 111 Å². The van der Waals surface area contributed by atoms with Gasteiger partial charge < -0.3 is 21.1 Å². The van der Waals surface area contributed by atoms with Crippen LogP contribution in [0.4, 0.5) is 10.9 Å². The molecule has 102 valence electrons. The SMILES string of the molecule is CC(C)[C@@H](CO)NC(=O)c1sc(N(C)C)nc1N. The number of aromatic nitrogens is 1. The summed E-state index contributed by atoms with van der Waals surface area (Å²) in [6, 6.07) is -0.276. The first-order chi connectivity index (χ1) is 8.36. The van der Waals surface area contributed by atoms with Crippen molar-refractivity contribution in [1.82, 2.24) is 10.3 Å². The molecule has 0 unspecified atom stereocenters. The lowest BCUT2D eigenvalue weighted by Crippen LogP contribution is -2.41. The quantitative estimate of drug-likeness (QED) is 0.727. The Bertz CT molecular complexity index is 417. The van der Waals surface area contributed by atoms with Crippen molar-refractivity contribution in [3.05, 3.63) is 4.88 Å². The Kier molecular flexibility index (Phi) is 4.92. The highest BCUT2D eigenvalue weighted by atomic mass is 32.1. The second-order valence-corrected chi connectivity index (χ2v) is 5.59. The zero-order valence-electron chi connectivity index (χ0n) is 11.1. The molecule has 1 amide bonds. The lowest BCUT2D eigenvalue weighted by Gasteiger charge is -2.19. The third kappa shape index (κ3) is 3.33. The number of anilines is 2. The first-order valence-electron chi connectivity index (χ1n) is 5.72. The van der Waals surface area contributed by atoms with Gasteiger partial charge in [0.2, 0.25) is 0 Å². The van der Waals surface area contributed by atoms with Gasteiger partial charge in [0, 0.05) is 14.1 Å². The monoisotopic (exact) mass is 272 g/mol. The highest BCUT2D eigenvalue weighted by Crippen LogP contribution is 2.26. The molecule has 1 aromatic rings. The van der Waals surface area contributed by atoms with E-state index in [2.05, 4.69) is 10.3 Å². The van der Waals surface area contributed by atoms with Crippen molar-refractivity contribution < 1.29 is 9.90 Å². The summed E-state index contributed by atoms with van der Waals surface area (Å²) in [5.74, 6) is 0.0916. The minimum atomic E-state index is -0.286. The van der Waals surface area contributed by atoms with Gasteiger partial charge >= 0.3 is 0 Å². The number of nitrogens with zero attached hydrogens (tertiary/aromatic N) is 2. The number of rotatable bonds is 5. The largest absolute Gasteiger partial charge is 0.394 e. The van der Waals surface area contributed by atoms with E-state index >= 15 is 0 Å². The number of carbonyl (C=O) groups is 1. The number of hydrogen-bond donors (Lipinski definition) is 3. The van der Waals surface area contributed by atoms with Crippen LogP contribution in [0.1, 0.15) is 23.5 Å². The molecule has 0 aliphatic rings. The van der Waals surface area contributed by atoms with Gasteiger partial charge in [-0.05, 0) is 5.92 Å². The molecule has 1 atom stereocenters. The molecular weight excluding hydrogens is 252 g/mol. The Morgan fingerprint density at radius 3 is 2.56 bits per heavy atom. The molecule has 0 aromatic carbocycles. The molecule has 0 radical (unpaired) electrons. The highest BCUT2D eigenvalue weighted by molar-refractivity contribution is 7.18. The predicted octanol–water partition coefficient (Wildman–Crippen LogP) is 0.538. The molecule has 6 nitrogen and oxygen atoms in total. The van der Waals surface area contributed by atoms with Crippen molar-refractivity contribution in [2.45, 2.75) is 19.9 Å². The van der Waals surface area contributed by atoms with Crippen molar-refractivity contribution in [3.8, 4) is 0 Å². The van der Waals surface area contributed by atoms with E-state index in [1.807, 2.05) is 27.9 Å². The van der Waals surface area contributed by atoms with E-state index in [-0.39, 0.29) is 30.3 Å². The lowest BCUT2D eigenvalue weighted by atomic mass is 10.1. The van der Waals surface area contributed by atoms with Crippen LogP contribution in [-0.4, -0.2) is 42.7 Å². The summed E-state index contributed by atoms with van der Waals surface area (Å²) < 4.78 is 0. The Hall–Kier alpha value is -1.34. The smallest absolute Gasteiger partial charge is 0.265 e. The minimum absolute atomic E-state index is 0.0946. The van der Waals surface area contributed by atoms with E-state index in [1.54, 1.807) is 4.90 Å². The maximum atomic E-state index is 12.0. The fourth-order valence-corrected chi connectivity index (χ4v) is 2.14. The Balaban J connectivity index is 2.84. The number of aliphatic hydroxyl groups excluding tert-OH is 1. The van der Waals surface area contributed by atoms with Gasteiger partial charge in [-0.3, -0.25) is 4.79 Å². The van der Waals surface area contributed by atoms with Crippen molar-refractivity contribution in [2.75, 3.05) is 31.3 Å². The first kappa shape index (κ1) is 14.7. The summed E-state index contributed by atoms with van der Waals surface area (Å²) in [4.78, 5) is 18.3. The number of nitrogens with one attached hydrogen (secondary N) is 1. The van der Waals surface area contributed by atoms with Crippen molar-refractivity contribution >= 4 is 28.2 Å². The molecule has 7 heteroatoms. The summed E-state index contributed by atoms with van der Waals surface area (Å²) in [6.07, 6.45) is 0. The number of carbonyl (C=O) groups excluding carboxylic acids is 1. The number of amides is 1. The van der Waals surface area contributed by atoms with E-state index in [4.69, 9.17) is 5.73 Å². The third-order valence-corrected chi connectivity index (χ3v) is 3.79. The Morgan fingerprint density at radius 2 is 2.17 bits per heavy atom. The second-order valence-electron chi connectivity index (χ2n) is 4.61.